The molecule has 7 heteroatoms. The van der Waals surface area contributed by atoms with Gasteiger partial charge in [-0.25, -0.2) is 4.98 Å². The number of aromatic nitrogens is 1. The summed E-state index contributed by atoms with van der Waals surface area (Å²) in [6, 6.07) is 3.98. The number of piperidine rings is 1. The van der Waals surface area contributed by atoms with Crippen molar-refractivity contribution in [1.29, 1.82) is 0 Å². The molecule has 1 aliphatic rings. The largest absolute Gasteiger partial charge is 0.481 e. The maximum atomic E-state index is 12.3. The van der Waals surface area contributed by atoms with Gasteiger partial charge in [-0.05, 0) is 31.5 Å². The Morgan fingerprint density at radius 3 is 2.57 bits per heavy atom. The summed E-state index contributed by atoms with van der Waals surface area (Å²) in [5, 5.41) is 3.37. The Balaban J connectivity index is 1.71. The number of alkyl halides is 3. The van der Waals surface area contributed by atoms with E-state index in [2.05, 4.69) is 10.3 Å². The molecule has 0 radical (unpaired) electrons. The number of halogens is 3. The van der Waals surface area contributed by atoms with Crippen molar-refractivity contribution < 1.29 is 17.9 Å². The molecule has 21 heavy (non-hydrogen) atoms. The van der Waals surface area contributed by atoms with Gasteiger partial charge < -0.3 is 10.1 Å². The van der Waals surface area contributed by atoms with Gasteiger partial charge in [-0.3, -0.25) is 4.90 Å². The second-order valence-corrected chi connectivity index (χ2v) is 5.26. The molecule has 0 aromatic carbocycles. The van der Waals surface area contributed by atoms with Crippen LogP contribution in [0.15, 0.2) is 18.3 Å². The molecule has 0 bridgehead atoms. The van der Waals surface area contributed by atoms with E-state index in [0.29, 0.717) is 25.5 Å². The third-order valence-electron chi connectivity index (χ3n) is 3.59. The SMILES string of the molecule is COc1ccc(CNC2CCN(CC(F)(F)F)CC2)cn1. The first-order valence-electron chi connectivity index (χ1n) is 6.97. The zero-order valence-electron chi connectivity index (χ0n) is 12.0. The molecule has 2 heterocycles. The predicted octanol–water partition coefficient (Wildman–Crippen LogP) is 2.21. The lowest BCUT2D eigenvalue weighted by Gasteiger charge is -2.32. The van der Waals surface area contributed by atoms with Crippen LogP contribution in [0, 0.1) is 0 Å². The second-order valence-electron chi connectivity index (χ2n) is 5.26. The van der Waals surface area contributed by atoms with Gasteiger partial charge in [0.2, 0.25) is 5.88 Å². The molecular weight excluding hydrogens is 283 g/mol. The van der Waals surface area contributed by atoms with Gasteiger partial charge in [-0.15, -0.1) is 0 Å². The fourth-order valence-electron chi connectivity index (χ4n) is 2.45. The van der Waals surface area contributed by atoms with Crippen molar-refractivity contribution in [3.63, 3.8) is 0 Å². The van der Waals surface area contributed by atoms with Gasteiger partial charge in [0.1, 0.15) is 0 Å². The predicted molar refractivity (Wildman–Crippen MR) is 73.1 cm³/mol. The molecule has 1 N–H and O–H groups in total. The fourth-order valence-corrected chi connectivity index (χ4v) is 2.45. The van der Waals surface area contributed by atoms with Gasteiger partial charge in [0, 0.05) is 24.8 Å². The van der Waals surface area contributed by atoms with E-state index in [1.54, 1.807) is 19.4 Å². The number of pyridine rings is 1. The van der Waals surface area contributed by atoms with Crippen LogP contribution < -0.4 is 10.1 Å². The van der Waals surface area contributed by atoms with Crippen molar-refractivity contribution >= 4 is 0 Å². The fraction of sp³-hybridized carbons (Fsp3) is 0.643. The average molecular weight is 303 g/mol. The van der Waals surface area contributed by atoms with Gasteiger partial charge in [0.25, 0.3) is 0 Å². The summed E-state index contributed by atoms with van der Waals surface area (Å²) < 4.78 is 41.9. The summed E-state index contributed by atoms with van der Waals surface area (Å²) in [7, 11) is 1.56. The van der Waals surface area contributed by atoms with Crippen LogP contribution in [-0.2, 0) is 6.54 Å². The molecule has 1 aromatic heterocycles. The van der Waals surface area contributed by atoms with Crippen LogP contribution in [-0.4, -0.2) is 48.8 Å². The summed E-state index contributed by atoms with van der Waals surface area (Å²) in [4.78, 5) is 5.58. The number of ether oxygens (including phenoxy) is 1. The highest BCUT2D eigenvalue weighted by Gasteiger charge is 2.32. The second kappa shape index (κ2) is 7.09. The minimum absolute atomic E-state index is 0.261. The van der Waals surface area contributed by atoms with E-state index < -0.39 is 12.7 Å². The zero-order chi connectivity index (χ0) is 15.3. The van der Waals surface area contributed by atoms with Crippen LogP contribution in [0.1, 0.15) is 18.4 Å². The van der Waals surface area contributed by atoms with Crippen LogP contribution in [0.2, 0.25) is 0 Å². The standard InChI is InChI=1S/C14H20F3N3O/c1-21-13-3-2-11(9-19-13)8-18-12-4-6-20(7-5-12)10-14(15,16)17/h2-3,9,12,18H,4-8,10H2,1H3. The number of rotatable bonds is 5. The number of nitrogens with one attached hydrogen (secondary N) is 1. The van der Waals surface area contributed by atoms with Crippen LogP contribution in [0.3, 0.4) is 0 Å². The highest BCUT2D eigenvalue weighted by atomic mass is 19.4. The summed E-state index contributed by atoms with van der Waals surface area (Å²) >= 11 is 0. The van der Waals surface area contributed by atoms with Gasteiger partial charge in [-0.1, -0.05) is 6.07 Å². The molecule has 4 nitrogen and oxygen atoms in total. The number of hydrogen-bond acceptors (Lipinski definition) is 4. The molecule has 0 atom stereocenters. The molecule has 1 saturated heterocycles. The Kier molecular flexibility index (Phi) is 5.41. The van der Waals surface area contributed by atoms with E-state index in [0.717, 1.165) is 18.4 Å². The highest BCUT2D eigenvalue weighted by Crippen LogP contribution is 2.20. The lowest BCUT2D eigenvalue weighted by Crippen LogP contribution is -2.45. The number of nitrogens with zero attached hydrogens (tertiary/aromatic N) is 2. The Hall–Kier alpha value is -1.34. The smallest absolute Gasteiger partial charge is 0.401 e. The number of hydrogen-bond donors (Lipinski definition) is 1. The molecule has 0 saturated carbocycles. The lowest BCUT2D eigenvalue weighted by atomic mass is 10.0. The van der Waals surface area contributed by atoms with Crippen molar-refractivity contribution in [3.05, 3.63) is 23.9 Å². The first kappa shape index (κ1) is 16.0. The Labute approximate surface area is 122 Å². The maximum absolute atomic E-state index is 12.3. The molecule has 1 aromatic rings. The average Bonchev–Trinajstić information content (AvgIpc) is 2.45. The minimum Gasteiger partial charge on any atom is -0.481 e. The third-order valence-corrected chi connectivity index (χ3v) is 3.59. The van der Waals surface area contributed by atoms with E-state index in [1.165, 1.54) is 4.90 Å². The van der Waals surface area contributed by atoms with E-state index in [-0.39, 0.29) is 6.04 Å². The van der Waals surface area contributed by atoms with Crippen molar-refractivity contribution in [2.75, 3.05) is 26.7 Å². The molecule has 1 aliphatic heterocycles. The summed E-state index contributed by atoms with van der Waals surface area (Å²) in [5.41, 5.74) is 1.04. The van der Waals surface area contributed by atoms with Crippen LogP contribution >= 0.6 is 0 Å². The molecule has 0 amide bonds. The van der Waals surface area contributed by atoms with E-state index in [4.69, 9.17) is 4.74 Å². The minimum atomic E-state index is -4.10. The van der Waals surface area contributed by atoms with Gasteiger partial charge >= 0.3 is 6.18 Å². The summed E-state index contributed by atoms with van der Waals surface area (Å²) in [6.45, 7) is 0.832. The molecule has 1 fully saturated rings. The topological polar surface area (TPSA) is 37.4 Å². The highest BCUT2D eigenvalue weighted by molar-refractivity contribution is 5.17. The Bertz CT molecular complexity index is 428. The first-order chi connectivity index (χ1) is 9.96. The van der Waals surface area contributed by atoms with E-state index in [1.807, 2.05) is 6.07 Å². The lowest BCUT2D eigenvalue weighted by molar-refractivity contribution is -0.148. The normalized spacial score (nSPS) is 17.9. The maximum Gasteiger partial charge on any atom is 0.401 e. The number of methoxy groups -OCH3 is 1. The quantitative estimate of drug-likeness (QED) is 0.905. The van der Waals surface area contributed by atoms with E-state index in [9.17, 15) is 13.2 Å². The van der Waals surface area contributed by atoms with Crippen LogP contribution in [0.4, 0.5) is 13.2 Å². The van der Waals surface area contributed by atoms with Crippen molar-refractivity contribution in [2.24, 2.45) is 0 Å². The van der Waals surface area contributed by atoms with Gasteiger partial charge in [-0.2, -0.15) is 13.2 Å². The molecule has 0 spiro atoms. The van der Waals surface area contributed by atoms with Crippen LogP contribution in [0.5, 0.6) is 5.88 Å². The zero-order valence-corrected chi connectivity index (χ0v) is 12.0. The molecule has 0 unspecified atom stereocenters. The summed E-state index contributed by atoms with van der Waals surface area (Å²) in [6.07, 6.45) is -0.890. The molecule has 0 aliphatic carbocycles. The molecule has 2 rings (SSSR count). The van der Waals surface area contributed by atoms with Crippen molar-refractivity contribution in [1.82, 2.24) is 15.2 Å². The summed E-state index contributed by atoms with van der Waals surface area (Å²) in [5.74, 6) is 0.569. The van der Waals surface area contributed by atoms with Gasteiger partial charge in [0.15, 0.2) is 0 Å². The third kappa shape index (κ3) is 5.51. The van der Waals surface area contributed by atoms with Gasteiger partial charge in [0.05, 0.1) is 13.7 Å². The van der Waals surface area contributed by atoms with Crippen LogP contribution in [0.25, 0.3) is 0 Å². The van der Waals surface area contributed by atoms with Crippen molar-refractivity contribution in [3.8, 4) is 5.88 Å². The molecular formula is C14H20F3N3O. The Morgan fingerprint density at radius 1 is 1.33 bits per heavy atom. The number of likely N-dealkylation sites (tertiary alicyclic amines) is 1. The van der Waals surface area contributed by atoms with E-state index >= 15 is 0 Å². The first-order valence-corrected chi connectivity index (χ1v) is 6.97. The molecule has 118 valence electrons. The van der Waals surface area contributed by atoms with Crippen molar-refractivity contribution in [2.45, 2.75) is 31.6 Å². The Morgan fingerprint density at radius 2 is 2.05 bits per heavy atom. The monoisotopic (exact) mass is 303 g/mol.